The summed E-state index contributed by atoms with van der Waals surface area (Å²) in [5.74, 6) is 1.85. The SMILES string of the molecule is Cc1cc2c(o1)CCN(C)CC2O. The lowest BCUT2D eigenvalue weighted by atomic mass is 10.1. The molecule has 3 heteroatoms. The summed E-state index contributed by atoms with van der Waals surface area (Å²) < 4.78 is 5.52. The van der Waals surface area contributed by atoms with Gasteiger partial charge in [-0.3, -0.25) is 0 Å². The quantitative estimate of drug-likeness (QED) is 0.651. The highest BCUT2D eigenvalue weighted by Crippen LogP contribution is 2.25. The van der Waals surface area contributed by atoms with E-state index in [0.717, 1.165) is 30.0 Å². The summed E-state index contributed by atoms with van der Waals surface area (Å²) >= 11 is 0. The van der Waals surface area contributed by atoms with Crippen molar-refractivity contribution in [2.75, 3.05) is 20.1 Å². The number of aryl methyl sites for hydroxylation is 1. The van der Waals surface area contributed by atoms with Crippen LogP contribution in [-0.2, 0) is 6.42 Å². The van der Waals surface area contributed by atoms with Gasteiger partial charge in [0, 0.05) is 25.1 Å². The van der Waals surface area contributed by atoms with Crippen LogP contribution >= 0.6 is 0 Å². The second-order valence-electron chi connectivity index (χ2n) is 3.76. The van der Waals surface area contributed by atoms with Crippen molar-refractivity contribution < 1.29 is 9.52 Å². The number of furan rings is 1. The first-order valence-electron chi connectivity index (χ1n) is 4.62. The molecule has 1 aromatic heterocycles. The molecule has 2 rings (SSSR count). The van der Waals surface area contributed by atoms with Crippen molar-refractivity contribution in [3.05, 3.63) is 23.2 Å². The average Bonchev–Trinajstić information content (AvgIpc) is 2.38. The zero-order valence-electron chi connectivity index (χ0n) is 8.08. The van der Waals surface area contributed by atoms with Gasteiger partial charge >= 0.3 is 0 Å². The third kappa shape index (κ3) is 1.62. The molecule has 1 aromatic rings. The van der Waals surface area contributed by atoms with Crippen molar-refractivity contribution in [3.63, 3.8) is 0 Å². The van der Waals surface area contributed by atoms with Crippen molar-refractivity contribution in [1.29, 1.82) is 0 Å². The molecule has 72 valence electrons. The number of nitrogens with zero attached hydrogens (tertiary/aromatic N) is 1. The van der Waals surface area contributed by atoms with E-state index in [-0.39, 0.29) is 6.10 Å². The van der Waals surface area contributed by atoms with Crippen LogP contribution in [0.1, 0.15) is 23.2 Å². The molecule has 0 amide bonds. The lowest BCUT2D eigenvalue weighted by molar-refractivity contribution is 0.134. The van der Waals surface area contributed by atoms with Gasteiger partial charge in [-0.05, 0) is 20.0 Å². The Bertz CT molecular complexity index is 306. The highest BCUT2D eigenvalue weighted by atomic mass is 16.3. The Hall–Kier alpha value is -0.800. The van der Waals surface area contributed by atoms with Gasteiger partial charge in [0.05, 0.1) is 6.10 Å². The van der Waals surface area contributed by atoms with Gasteiger partial charge in [-0.25, -0.2) is 0 Å². The smallest absolute Gasteiger partial charge is 0.111 e. The summed E-state index contributed by atoms with van der Waals surface area (Å²) in [5.41, 5.74) is 0.974. The molecule has 0 spiro atoms. The molecule has 1 aliphatic rings. The van der Waals surface area contributed by atoms with E-state index in [2.05, 4.69) is 4.90 Å². The molecule has 0 fully saturated rings. The molecule has 0 bridgehead atoms. The maximum Gasteiger partial charge on any atom is 0.111 e. The first kappa shape index (κ1) is 8.78. The molecule has 13 heavy (non-hydrogen) atoms. The number of likely N-dealkylation sites (N-methyl/N-ethyl adjacent to an activating group) is 1. The maximum absolute atomic E-state index is 9.82. The minimum atomic E-state index is -0.389. The number of rotatable bonds is 0. The normalized spacial score (nSPS) is 24.1. The van der Waals surface area contributed by atoms with Crippen LogP contribution in [0.3, 0.4) is 0 Å². The summed E-state index contributed by atoms with van der Waals surface area (Å²) in [6.07, 6.45) is 0.511. The van der Waals surface area contributed by atoms with Crippen LogP contribution in [-0.4, -0.2) is 30.1 Å². The molecular formula is C10H15NO2. The Morgan fingerprint density at radius 1 is 1.62 bits per heavy atom. The van der Waals surface area contributed by atoms with Crippen LogP contribution in [0.2, 0.25) is 0 Å². The van der Waals surface area contributed by atoms with E-state index in [4.69, 9.17) is 4.42 Å². The van der Waals surface area contributed by atoms with Crippen LogP contribution < -0.4 is 0 Å². The average molecular weight is 181 g/mol. The lowest BCUT2D eigenvalue weighted by Gasteiger charge is -2.15. The third-order valence-corrected chi connectivity index (χ3v) is 2.53. The minimum Gasteiger partial charge on any atom is -0.466 e. The summed E-state index contributed by atoms with van der Waals surface area (Å²) in [5, 5.41) is 9.82. The van der Waals surface area contributed by atoms with Crippen LogP contribution in [0, 0.1) is 6.92 Å². The molecule has 0 radical (unpaired) electrons. The molecule has 0 aromatic carbocycles. The molecule has 2 heterocycles. The fourth-order valence-electron chi connectivity index (χ4n) is 1.84. The zero-order valence-corrected chi connectivity index (χ0v) is 8.08. The van der Waals surface area contributed by atoms with Crippen LogP contribution in [0.5, 0.6) is 0 Å². The predicted molar refractivity (Wildman–Crippen MR) is 49.6 cm³/mol. The van der Waals surface area contributed by atoms with E-state index >= 15 is 0 Å². The van der Waals surface area contributed by atoms with Crippen molar-refractivity contribution in [1.82, 2.24) is 4.90 Å². The first-order chi connectivity index (χ1) is 6.16. The van der Waals surface area contributed by atoms with Gasteiger partial charge < -0.3 is 14.4 Å². The molecule has 0 saturated heterocycles. The molecule has 0 saturated carbocycles. The standard InChI is InChI=1S/C10H15NO2/c1-7-5-8-9(12)6-11(2)4-3-10(8)13-7/h5,9,12H,3-4,6H2,1-2H3. The summed E-state index contributed by atoms with van der Waals surface area (Å²) in [6, 6.07) is 1.94. The second-order valence-corrected chi connectivity index (χ2v) is 3.76. The van der Waals surface area contributed by atoms with Gasteiger partial charge in [-0.1, -0.05) is 0 Å². The van der Waals surface area contributed by atoms with Gasteiger partial charge in [0.25, 0.3) is 0 Å². The highest BCUT2D eigenvalue weighted by Gasteiger charge is 2.22. The lowest BCUT2D eigenvalue weighted by Crippen LogP contribution is -2.23. The molecule has 1 atom stereocenters. The topological polar surface area (TPSA) is 36.6 Å². The van der Waals surface area contributed by atoms with E-state index in [9.17, 15) is 5.11 Å². The van der Waals surface area contributed by atoms with E-state index < -0.39 is 0 Å². The molecular weight excluding hydrogens is 166 g/mol. The maximum atomic E-state index is 9.82. The largest absolute Gasteiger partial charge is 0.466 e. The molecule has 3 nitrogen and oxygen atoms in total. The molecule has 1 unspecified atom stereocenters. The summed E-state index contributed by atoms with van der Waals surface area (Å²) in [7, 11) is 2.02. The Morgan fingerprint density at radius 3 is 3.15 bits per heavy atom. The van der Waals surface area contributed by atoms with Crippen molar-refractivity contribution in [2.24, 2.45) is 0 Å². The summed E-state index contributed by atoms with van der Waals surface area (Å²) in [4.78, 5) is 2.12. The monoisotopic (exact) mass is 181 g/mol. The molecule has 1 aliphatic heterocycles. The number of hydrogen-bond donors (Lipinski definition) is 1. The van der Waals surface area contributed by atoms with E-state index in [1.54, 1.807) is 0 Å². The van der Waals surface area contributed by atoms with Gasteiger partial charge in [0.15, 0.2) is 0 Å². The first-order valence-corrected chi connectivity index (χ1v) is 4.62. The van der Waals surface area contributed by atoms with E-state index in [1.807, 2.05) is 20.0 Å². The van der Waals surface area contributed by atoms with Crippen molar-refractivity contribution >= 4 is 0 Å². The Labute approximate surface area is 78.0 Å². The van der Waals surface area contributed by atoms with Crippen molar-refractivity contribution in [2.45, 2.75) is 19.4 Å². The third-order valence-electron chi connectivity index (χ3n) is 2.53. The fourth-order valence-corrected chi connectivity index (χ4v) is 1.84. The van der Waals surface area contributed by atoms with Gasteiger partial charge in [0.2, 0.25) is 0 Å². The number of aliphatic hydroxyl groups is 1. The van der Waals surface area contributed by atoms with Crippen LogP contribution in [0.15, 0.2) is 10.5 Å². The number of fused-ring (bicyclic) bond motifs is 1. The number of hydrogen-bond acceptors (Lipinski definition) is 3. The Kier molecular flexibility index (Phi) is 2.14. The summed E-state index contributed by atoms with van der Waals surface area (Å²) in [6.45, 7) is 3.58. The van der Waals surface area contributed by atoms with Crippen molar-refractivity contribution in [3.8, 4) is 0 Å². The predicted octanol–water partition coefficient (Wildman–Crippen LogP) is 1.11. The number of aliphatic hydroxyl groups excluding tert-OH is 1. The molecule has 0 aliphatic carbocycles. The zero-order chi connectivity index (χ0) is 9.42. The van der Waals surface area contributed by atoms with Crippen LogP contribution in [0.25, 0.3) is 0 Å². The Balaban J connectivity index is 2.33. The van der Waals surface area contributed by atoms with Gasteiger partial charge in [0.1, 0.15) is 11.5 Å². The highest BCUT2D eigenvalue weighted by molar-refractivity contribution is 5.25. The van der Waals surface area contributed by atoms with Crippen LogP contribution in [0.4, 0.5) is 0 Å². The van der Waals surface area contributed by atoms with Gasteiger partial charge in [-0.2, -0.15) is 0 Å². The molecule has 1 N–H and O–H groups in total. The Morgan fingerprint density at radius 2 is 2.38 bits per heavy atom. The second kappa shape index (κ2) is 3.16. The number of β-amino-alcohol motifs (C(OH)–C–C–N with tert-alkyl or cyclic N) is 1. The minimum absolute atomic E-state index is 0.389. The fraction of sp³-hybridized carbons (Fsp3) is 0.600. The van der Waals surface area contributed by atoms with E-state index in [0.29, 0.717) is 6.54 Å². The van der Waals surface area contributed by atoms with E-state index in [1.165, 1.54) is 0 Å². The van der Waals surface area contributed by atoms with Gasteiger partial charge in [-0.15, -0.1) is 0 Å².